The Kier molecular flexibility index (Phi) is 6.48. The molecule has 2 aromatic rings. The third-order valence-electron chi connectivity index (χ3n) is 4.94. The van der Waals surface area contributed by atoms with Gasteiger partial charge in [0.1, 0.15) is 18.0 Å². The van der Waals surface area contributed by atoms with Crippen LogP contribution >= 0.6 is 0 Å². The first-order valence-electron chi connectivity index (χ1n) is 9.40. The third-order valence-corrected chi connectivity index (χ3v) is 6.77. The van der Waals surface area contributed by atoms with E-state index in [2.05, 4.69) is 32.5 Å². The molecule has 2 N–H and O–H groups in total. The van der Waals surface area contributed by atoms with Crippen molar-refractivity contribution in [2.45, 2.75) is 17.7 Å². The molecule has 0 saturated carbocycles. The fourth-order valence-corrected chi connectivity index (χ4v) is 4.14. The van der Waals surface area contributed by atoms with E-state index >= 15 is 0 Å². The first kappa shape index (κ1) is 20.5. The van der Waals surface area contributed by atoms with Crippen LogP contribution in [0.4, 0.5) is 17.3 Å². The molecule has 1 fully saturated rings. The van der Waals surface area contributed by atoms with Crippen molar-refractivity contribution in [2.75, 3.05) is 51.0 Å². The highest BCUT2D eigenvalue weighted by Crippen LogP contribution is 2.22. The zero-order valence-electron chi connectivity index (χ0n) is 16.6. The molecule has 1 aliphatic heterocycles. The molecule has 0 bridgehead atoms. The highest BCUT2D eigenvalue weighted by molar-refractivity contribution is 7.89. The van der Waals surface area contributed by atoms with Gasteiger partial charge in [-0.15, -0.1) is 0 Å². The first-order chi connectivity index (χ1) is 13.4. The zero-order chi connectivity index (χ0) is 20.1. The molecule has 0 unspecified atom stereocenters. The summed E-state index contributed by atoms with van der Waals surface area (Å²) >= 11 is 0. The Morgan fingerprint density at radius 1 is 1.11 bits per heavy atom. The van der Waals surface area contributed by atoms with E-state index in [1.54, 1.807) is 30.6 Å². The van der Waals surface area contributed by atoms with Crippen molar-refractivity contribution in [3.63, 3.8) is 0 Å². The van der Waals surface area contributed by atoms with Gasteiger partial charge in [-0.2, -0.15) is 0 Å². The number of nitrogens with one attached hydrogen (secondary N) is 2. The maximum Gasteiger partial charge on any atom is 0.242 e. The number of sulfonamides is 1. The number of aromatic nitrogens is 2. The molecule has 1 saturated heterocycles. The van der Waals surface area contributed by atoms with Crippen molar-refractivity contribution in [1.82, 2.24) is 19.6 Å². The van der Waals surface area contributed by atoms with Crippen molar-refractivity contribution in [3.8, 4) is 0 Å². The normalized spacial score (nSPS) is 15.6. The Hall–Kier alpha value is -2.23. The number of anilines is 3. The van der Waals surface area contributed by atoms with Crippen molar-refractivity contribution >= 4 is 27.3 Å². The van der Waals surface area contributed by atoms with E-state index in [0.717, 1.165) is 31.1 Å². The fraction of sp³-hybridized carbons (Fsp3) is 0.474. The summed E-state index contributed by atoms with van der Waals surface area (Å²) < 4.78 is 25.5. The summed E-state index contributed by atoms with van der Waals surface area (Å²) in [5, 5.41) is 6.60. The lowest BCUT2D eigenvalue weighted by atomic mass is 9.98. The first-order valence-corrected chi connectivity index (χ1v) is 10.8. The minimum absolute atomic E-state index is 0.258. The molecule has 0 atom stereocenters. The van der Waals surface area contributed by atoms with Crippen LogP contribution in [0.2, 0.25) is 0 Å². The molecule has 28 heavy (non-hydrogen) atoms. The summed E-state index contributed by atoms with van der Waals surface area (Å²) in [7, 11) is 1.66. The van der Waals surface area contributed by atoms with E-state index in [0.29, 0.717) is 11.7 Å². The van der Waals surface area contributed by atoms with E-state index in [-0.39, 0.29) is 4.90 Å². The lowest BCUT2D eigenvalue weighted by molar-refractivity contribution is 0.377. The van der Waals surface area contributed by atoms with Gasteiger partial charge in [0.05, 0.1) is 4.90 Å². The SMILES string of the molecule is CN(CC1CCNCC1)c1cc(Nc2ccc(S(=O)(=O)N(C)C)cc2)ncn1. The molecule has 0 spiro atoms. The van der Waals surface area contributed by atoms with Crippen LogP contribution in [0.5, 0.6) is 0 Å². The van der Waals surface area contributed by atoms with Crippen LogP contribution in [0.15, 0.2) is 41.6 Å². The largest absolute Gasteiger partial charge is 0.359 e. The number of nitrogens with zero attached hydrogens (tertiary/aromatic N) is 4. The summed E-state index contributed by atoms with van der Waals surface area (Å²) in [6.07, 6.45) is 3.91. The summed E-state index contributed by atoms with van der Waals surface area (Å²) in [6.45, 7) is 3.12. The molecule has 2 heterocycles. The minimum atomic E-state index is -3.43. The van der Waals surface area contributed by atoms with E-state index in [1.807, 2.05) is 6.07 Å². The van der Waals surface area contributed by atoms with Gasteiger partial charge in [-0.05, 0) is 56.1 Å². The number of rotatable bonds is 7. The maximum atomic E-state index is 12.2. The Balaban J connectivity index is 1.67. The van der Waals surface area contributed by atoms with Crippen molar-refractivity contribution in [1.29, 1.82) is 0 Å². The number of benzene rings is 1. The highest BCUT2D eigenvalue weighted by atomic mass is 32.2. The van der Waals surface area contributed by atoms with Gasteiger partial charge in [-0.25, -0.2) is 22.7 Å². The third kappa shape index (κ3) is 4.98. The molecule has 1 aromatic heterocycles. The summed E-state index contributed by atoms with van der Waals surface area (Å²) in [5.74, 6) is 2.21. The number of hydrogen-bond acceptors (Lipinski definition) is 7. The van der Waals surface area contributed by atoms with Crippen molar-refractivity contribution in [3.05, 3.63) is 36.7 Å². The molecular weight excluding hydrogens is 376 g/mol. The molecule has 0 radical (unpaired) electrons. The molecular formula is C19H28N6O2S. The Bertz CT molecular complexity index is 880. The molecule has 8 nitrogen and oxygen atoms in total. The van der Waals surface area contributed by atoms with Crippen LogP contribution in [-0.4, -0.2) is 63.5 Å². The topological polar surface area (TPSA) is 90.5 Å². The van der Waals surface area contributed by atoms with E-state index in [1.165, 1.54) is 31.2 Å². The van der Waals surface area contributed by atoms with Gasteiger partial charge in [-0.1, -0.05) is 0 Å². The highest BCUT2D eigenvalue weighted by Gasteiger charge is 2.17. The lowest BCUT2D eigenvalue weighted by Crippen LogP contribution is -2.34. The molecule has 0 aliphatic carbocycles. The Morgan fingerprint density at radius 2 is 1.79 bits per heavy atom. The van der Waals surface area contributed by atoms with Gasteiger partial charge in [0, 0.05) is 39.4 Å². The van der Waals surface area contributed by atoms with Gasteiger partial charge in [0.25, 0.3) is 0 Å². The van der Waals surface area contributed by atoms with E-state index in [9.17, 15) is 8.42 Å². The summed E-state index contributed by atoms with van der Waals surface area (Å²) in [5.41, 5.74) is 0.767. The quantitative estimate of drug-likeness (QED) is 0.728. The average Bonchev–Trinajstić information content (AvgIpc) is 2.69. The van der Waals surface area contributed by atoms with Crippen LogP contribution in [0.1, 0.15) is 12.8 Å². The van der Waals surface area contributed by atoms with Crippen LogP contribution in [-0.2, 0) is 10.0 Å². The smallest absolute Gasteiger partial charge is 0.242 e. The van der Waals surface area contributed by atoms with E-state index < -0.39 is 10.0 Å². The second kappa shape index (κ2) is 8.85. The van der Waals surface area contributed by atoms with E-state index in [4.69, 9.17) is 0 Å². The second-order valence-electron chi connectivity index (χ2n) is 7.27. The van der Waals surface area contributed by atoms with Crippen LogP contribution in [0, 0.1) is 5.92 Å². The van der Waals surface area contributed by atoms with Gasteiger partial charge in [0.2, 0.25) is 10.0 Å². The predicted molar refractivity (Wildman–Crippen MR) is 111 cm³/mol. The predicted octanol–water partition coefficient (Wildman–Crippen LogP) is 1.91. The van der Waals surface area contributed by atoms with Crippen LogP contribution < -0.4 is 15.5 Å². The molecule has 0 amide bonds. The van der Waals surface area contributed by atoms with Crippen LogP contribution in [0.3, 0.4) is 0 Å². The van der Waals surface area contributed by atoms with Gasteiger partial charge < -0.3 is 15.5 Å². The molecule has 1 aliphatic rings. The molecule has 152 valence electrons. The fourth-order valence-electron chi connectivity index (χ4n) is 3.24. The number of hydrogen-bond donors (Lipinski definition) is 2. The van der Waals surface area contributed by atoms with Gasteiger partial charge in [-0.3, -0.25) is 0 Å². The Morgan fingerprint density at radius 3 is 2.43 bits per heavy atom. The molecule has 9 heteroatoms. The second-order valence-corrected chi connectivity index (χ2v) is 9.42. The Labute approximate surface area is 167 Å². The maximum absolute atomic E-state index is 12.2. The van der Waals surface area contributed by atoms with Crippen LogP contribution in [0.25, 0.3) is 0 Å². The van der Waals surface area contributed by atoms with Crippen molar-refractivity contribution in [2.24, 2.45) is 5.92 Å². The zero-order valence-corrected chi connectivity index (χ0v) is 17.4. The molecule has 3 rings (SSSR count). The summed E-state index contributed by atoms with van der Waals surface area (Å²) in [4.78, 5) is 11.1. The minimum Gasteiger partial charge on any atom is -0.359 e. The van der Waals surface area contributed by atoms with Gasteiger partial charge >= 0.3 is 0 Å². The molecule has 1 aromatic carbocycles. The standard InChI is InChI=1S/C19H28N6O2S/c1-24(2)28(26,27)17-6-4-16(5-7-17)23-18-12-19(22-14-21-18)25(3)13-15-8-10-20-11-9-15/h4-7,12,14-15,20H,8-11,13H2,1-3H3,(H,21,22,23). The van der Waals surface area contributed by atoms with Crippen molar-refractivity contribution < 1.29 is 8.42 Å². The average molecular weight is 405 g/mol. The summed E-state index contributed by atoms with van der Waals surface area (Å²) in [6, 6.07) is 8.55. The van der Waals surface area contributed by atoms with Gasteiger partial charge in [0.15, 0.2) is 0 Å². The monoisotopic (exact) mass is 404 g/mol. The lowest BCUT2D eigenvalue weighted by Gasteiger charge is -2.28. The number of piperidine rings is 1.